The Kier molecular flexibility index (Phi) is 5.64. The molecule has 1 aromatic rings. The van der Waals surface area contributed by atoms with Crippen molar-refractivity contribution in [3.8, 4) is 0 Å². The molecule has 2 unspecified atom stereocenters. The van der Waals surface area contributed by atoms with Crippen molar-refractivity contribution in [1.29, 1.82) is 0 Å². The molecule has 2 rings (SSSR count). The molecule has 112 valence electrons. The standard InChI is InChI=1S/C15H24BrN3O/c1-3-9-19-15(20)14(16)13(10-17-19)18-12-6-4-5-11(2)7-8-12/h10-12,18H,3-9H2,1-2H3. The van der Waals surface area contributed by atoms with Crippen molar-refractivity contribution in [2.45, 2.75) is 65.0 Å². The van der Waals surface area contributed by atoms with Crippen LogP contribution >= 0.6 is 15.9 Å². The average molecular weight is 342 g/mol. The lowest BCUT2D eigenvalue weighted by atomic mass is 10.0. The van der Waals surface area contributed by atoms with Crippen molar-refractivity contribution in [3.05, 3.63) is 21.0 Å². The number of rotatable bonds is 4. The molecule has 1 saturated carbocycles. The highest BCUT2D eigenvalue weighted by molar-refractivity contribution is 9.10. The van der Waals surface area contributed by atoms with Gasteiger partial charge in [-0.1, -0.05) is 26.7 Å². The van der Waals surface area contributed by atoms with E-state index in [1.165, 1.54) is 36.8 Å². The van der Waals surface area contributed by atoms with Gasteiger partial charge in [0.1, 0.15) is 4.47 Å². The van der Waals surface area contributed by atoms with Crippen molar-refractivity contribution in [2.24, 2.45) is 5.92 Å². The molecule has 20 heavy (non-hydrogen) atoms. The first-order valence-electron chi connectivity index (χ1n) is 7.64. The maximum Gasteiger partial charge on any atom is 0.283 e. The Morgan fingerprint density at radius 1 is 1.40 bits per heavy atom. The van der Waals surface area contributed by atoms with Gasteiger partial charge in [0.15, 0.2) is 0 Å². The van der Waals surface area contributed by atoms with Crippen molar-refractivity contribution < 1.29 is 0 Å². The highest BCUT2D eigenvalue weighted by Crippen LogP contribution is 2.26. The maximum absolute atomic E-state index is 12.2. The van der Waals surface area contributed by atoms with E-state index in [1.807, 2.05) is 6.92 Å². The van der Waals surface area contributed by atoms with Gasteiger partial charge in [0.25, 0.3) is 5.56 Å². The van der Waals surface area contributed by atoms with Crippen LogP contribution in [0.4, 0.5) is 5.69 Å². The normalized spacial score (nSPS) is 23.4. The third-order valence-corrected chi connectivity index (χ3v) is 4.80. The predicted octanol–water partition coefficient (Wildman–Crippen LogP) is 3.80. The largest absolute Gasteiger partial charge is 0.380 e. The van der Waals surface area contributed by atoms with E-state index in [4.69, 9.17) is 0 Å². The number of aromatic nitrogens is 2. The van der Waals surface area contributed by atoms with E-state index in [2.05, 4.69) is 33.3 Å². The Morgan fingerprint density at radius 2 is 2.20 bits per heavy atom. The first-order valence-corrected chi connectivity index (χ1v) is 8.43. The van der Waals surface area contributed by atoms with Gasteiger partial charge in [-0.2, -0.15) is 5.10 Å². The number of halogens is 1. The third-order valence-electron chi connectivity index (χ3n) is 4.04. The second kappa shape index (κ2) is 7.25. The first kappa shape index (κ1) is 15.5. The lowest BCUT2D eigenvalue weighted by Crippen LogP contribution is -2.26. The molecule has 1 N–H and O–H groups in total. The molecule has 1 heterocycles. The van der Waals surface area contributed by atoms with Crippen LogP contribution < -0.4 is 10.9 Å². The Labute approximate surface area is 129 Å². The van der Waals surface area contributed by atoms with Crippen LogP contribution in [0.25, 0.3) is 0 Å². The molecule has 0 bridgehead atoms. The zero-order chi connectivity index (χ0) is 14.5. The van der Waals surface area contributed by atoms with Crippen LogP contribution in [-0.4, -0.2) is 15.8 Å². The summed E-state index contributed by atoms with van der Waals surface area (Å²) in [6.45, 7) is 5.03. The van der Waals surface area contributed by atoms with E-state index in [1.54, 1.807) is 6.20 Å². The van der Waals surface area contributed by atoms with Gasteiger partial charge in [0, 0.05) is 12.6 Å². The quantitative estimate of drug-likeness (QED) is 0.847. The summed E-state index contributed by atoms with van der Waals surface area (Å²) in [4.78, 5) is 12.2. The highest BCUT2D eigenvalue weighted by Gasteiger charge is 2.18. The summed E-state index contributed by atoms with van der Waals surface area (Å²) < 4.78 is 2.13. The van der Waals surface area contributed by atoms with E-state index in [-0.39, 0.29) is 5.56 Å². The van der Waals surface area contributed by atoms with E-state index < -0.39 is 0 Å². The summed E-state index contributed by atoms with van der Waals surface area (Å²) in [6.07, 6.45) is 8.87. The van der Waals surface area contributed by atoms with Crippen molar-refractivity contribution in [1.82, 2.24) is 9.78 Å². The molecule has 0 aromatic carbocycles. The summed E-state index contributed by atoms with van der Waals surface area (Å²) in [6, 6.07) is 0.458. The summed E-state index contributed by atoms with van der Waals surface area (Å²) >= 11 is 3.42. The molecule has 1 aliphatic carbocycles. The van der Waals surface area contributed by atoms with Crippen molar-refractivity contribution in [2.75, 3.05) is 5.32 Å². The van der Waals surface area contributed by atoms with Crippen molar-refractivity contribution >= 4 is 21.6 Å². The van der Waals surface area contributed by atoms with Crippen LogP contribution in [0.1, 0.15) is 52.4 Å². The smallest absolute Gasteiger partial charge is 0.283 e. The Morgan fingerprint density at radius 3 is 2.95 bits per heavy atom. The van der Waals surface area contributed by atoms with E-state index in [0.717, 1.165) is 18.0 Å². The predicted molar refractivity (Wildman–Crippen MR) is 86.1 cm³/mol. The second-order valence-electron chi connectivity index (χ2n) is 5.86. The number of hydrogen-bond donors (Lipinski definition) is 1. The Balaban J connectivity index is 2.09. The van der Waals surface area contributed by atoms with Crippen LogP contribution in [0.5, 0.6) is 0 Å². The Bertz CT molecular complexity index is 500. The van der Waals surface area contributed by atoms with Gasteiger partial charge in [0.05, 0.1) is 11.9 Å². The molecule has 1 fully saturated rings. The number of anilines is 1. The summed E-state index contributed by atoms with van der Waals surface area (Å²) in [5.74, 6) is 0.820. The molecular formula is C15H24BrN3O. The fourth-order valence-corrected chi connectivity index (χ4v) is 3.21. The number of nitrogens with one attached hydrogen (secondary N) is 1. The van der Waals surface area contributed by atoms with Gasteiger partial charge in [-0.15, -0.1) is 0 Å². The van der Waals surface area contributed by atoms with Crippen LogP contribution in [0.3, 0.4) is 0 Å². The number of aryl methyl sites for hydroxylation is 1. The monoisotopic (exact) mass is 341 g/mol. The van der Waals surface area contributed by atoms with Gasteiger partial charge in [-0.25, -0.2) is 4.68 Å². The lowest BCUT2D eigenvalue weighted by Gasteiger charge is -2.18. The van der Waals surface area contributed by atoms with Crippen LogP contribution in [0, 0.1) is 5.92 Å². The summed E-state index contributed by atoms with van der Waals surface area (Å²) in [5, 5.41) is 7.74. The lowest BCUT2D eigenvalue weighted by molar-refractivity contribution is 0.501. The summed E-state index contributed by atoms with van der Waals surface area (Å²) in [5.41, 5.74) is 0.792. The van der Waals surface area contributed by atoms with Gasteiger partial charge in [0.2, 0.25) is 0 Å². The van der Waals surface area contributed by atoms with Crippen LogP contribution in [0.15, 0.2) is 15.5 Å². The van der Waals surface area contributed by atoms with E-state index >= 15 is 0 Å². The number of nitrogens with zero attached hydrogens (tertiary/aromatic N) is 2. The minimum Gasteiger partial charge on any atom is -0.380 e. The zero-order valence-corrected chi connectivity index (χ0v) is 13.9. The fraction of sp³-hybridized carbons (Fsp3) is 0.733. The minimum absolute atomic E-state index is 0.0427. The Hall–Kier alpha value is -0.840. The molecule has 0 radical (unpaired) electrons. The number of hydrogen-bond acceptors (Lipinski definition) is 3. The molecule has 0 aliphatic heterocycles. The van der Waals surface area contributed by atoms with Crippen molar-refractivity contribution in [3.63, 3.8) is 0 Å². The minimum atomic E-state index is -0.0427. The van der Waals surface area contributed by atoms with Gasteiger partial charge >= 0.3 is 0 Å². The SMILES string of the molecule is CCCn1ncc(NC2CCCC(C)CC2)c(Br)c1=O. The highest BCUT2D eigenvalue weighted by atomic mass is 79.9. The average Bonchev–Trinajstić information content (AvgIpc) is 2.63. The molecule has 0 spiro atoms. The van der Waals surface area contributed by atoms with E-state index in [0.29, 0.717) is 17.1 Å². The molecular weight excluding hydrogens is 318 g/mol. The molecule has 0 amide bonds. The zero-order valence-electron chi connectivity index (χ0n) is 12.4. The molecule has 1 aliphatic rings. The fourth-order valence-electron chi connectivity index (χ4n) is 2.79. The first-order chi connectivity index (χ1) is 9.61. The maximum atomic E-state index is 12.2. The van der Waals surface area contributed by atoms with Gasteiger partial charge in [-0.3, -0.25) is 4.79 Å². The van der Waals surface area contributed by atoms with Gasteiger partial charge in [-0.05, 0) is 47.5 Å². The summed E-state index contributed by atoms with van der Waals surface area (Å²) in [7, 11) is 0. The van der Waals surface area contributed by atoms with Crippen LogP contribution in [0.2, 0.25) is 0 Å². The second-order valence-corrected chi connectivity index (χ2v) is 6.65. The molecule has 0 saturated heterocycles. The molecule has 5 heteroatoms. The molecule has 1 aromatic heterocycles. The molecule has 2 atom stereocenters. The van der Waals surface area contributed by atoms with Gasteiger partial charge < -0.3 is 5.32 Å². The third kappa shape index (κ3) is 3.84. The van der Waals surface area contributed by atoms with Crippen LogP contribution in [-0.2, 0) is 6.54 Å². The topological polar surface area (TPSA) is 46.9 Å². The molecule has 4 nitrogen and oxygen atoms in total. The van der Waals surface area contributed by atoms with E-state index in [9.17, 15) is 4.79 Å².